The van der Waals surface area contributed by atoms with Crippen LogP contribution >= 0.6 is 0 Å². The second kappa shape index (κ2) is 7.29. The maximum Gasteiger partial charge on any atom is 0.406 e. The van der Waals surface area contributed by atoms with Gasteiger partial charge in [0, 0.05) is 12.5 Å². The lowest BCUT2D eigenvalue weighted by Crippen LogP contribution is -2.44. The molecule has 0 aromatic carbocycles. The van der Waals surface area contributed by atoms with E-state index in [1.165, 1.54) is 0 Å². The molecule has 1 heterocycles. The summed E-state index contributed by atoms with van der Waals surface area (Å²) < 4.78 is 37.5. The highest BCUT2D eigenvalue weighted by Gasteiger charge is 2.35. The Kier molecular flexibility index (Phi) is 6.30. The van der Waals surface area contributed by atoms with Gasteiger partial charge in [0.2, 0.25) is 5.91 Å². The van der Waals surface area contributed by atoms with E-state index < -0.39 is 24.7 Å². The van der Waals surface area contributed by atoms with E-state index in [4.69, 9.17) is 0 Å². The summed E-state index contributed by atoms with van der Waals surface area (Å²) >= 11 is 0. The molecule has 1 aliphatic heterocycles. The first-order valence-electron chi connectivity index (χ1n) is 7.27. The molecule has 20 heavy (non-hydrogen) atoms. The highest BCUT2D eigenvalue weighted by molar-refractivity contribution is 5.76. The van der Waals surface area contributed by atoms with Gasteiger partial charge in [-0.3, -0.25) is 4.79 Å². The van der Waals surface area contributed by atoms with Crippen molar-refractivity contribution < 1.29 is 18.0 Å². The predicted molar refractivity (Wildman–Crippen MR) is 72.3 cm³/mol. The Morgan fingerprint density at radius 1 is 1.35 bits per heavy atom. The van der Waals surface area contributed by atoms with Crippen molar-refractivity contribution in [1.29, 1.82) is 0 Å². The van der Waals surface area contributed by atoms with E-state index in [0.717, 1.165) is 30.8 Å². The van der Waals surface area contributed by atoms with Crippen LogP contribution in [0.25, 0.3) is 0 Å². The quantitative estimate of drug-likeness (QED) is 0.845. The van der Waals surface area contributed by atoms with E-state index in [0.29, 0.717) is 5.92 Å². The van der Waals surface area contributed by atoms with Crippen molar-refractivity contribution in [2.24, 2.45) is 11.8 Å². The van der Waals surface area contributed by atoms with Gasteiger partial charge in [0.25, 0.3) is 0 Å². The zero-order chi connectivity index (χ0) is 15.3. The molecule has 1 rings (SSSR count). The van der Waals surface area contributed by atoms with Gasteiger partial charge >= 0.3 is 6.18 Å². The molecular weight excluding hydrogens is 269 g/mol. The number of nitrogens with zero attached hydrogens (tertiary/aromatic N) is 1. The Hall–Kier alpha value is -0.780. The third kappa shape index (κ3) is 5.69. The summed E-state index contributed by atoms with van der Waals surface area (Å²) in [4.78, 5) is 13.1. The Morgan fingerprint density at radius 2 is 2.00 bits per heavy atom. The average molecular weight is 294 g/mol. The van der Waals surface area contributed by atoms with E-state index >= 15 is 0 Å². The fourth-order valence-corrected chi connectivity index (χ4v) is 2.68. The van der Waals surface area contributed by atoms with E-state index in [-0.39, 0.29) is 12.3 Å². The predicted octanol–water partition coefficient (Wildman–Crippen LogP) is 2.81. The number of nitrogens with one attached hydrogen (secondary N) is 1. The smallest absolute Gasteiger partial charge is 0.331 e. The fraction of sp³-hybridized carbons (Fsp3) is 0.929. The summed E-state index contributed by atoms with van der Waals surface area (Å²) in [5.41, 5.74) is 0. The van der Waals surface area contributed by atoms with Crippen LogP contribution in [0.4, 0.5) is 13.2 Å². The summed E-state index contributed by atoms with van der Waals surface area (Å²) in [6.07, 6.45) is -2.03. The second-order valence-corrected chi connectivity index (χ2v) is 6.02. The van der Waals surface area contributed by atoms with Crippen LogP contribution in [0, 0.1) is 11.8 Å². The SMILES string of the molecule is CC(CC(=O)N(CC(F)(F)F)C(C)C)C1CCCNC1. The maximum absolute atomic E-state index is 12.5. The number of alkyl halides is 3. The van der Waals surface area contributed by atoms with E-state index in [1.54, 1.807) is 13.8 Å². The van der Waals surface area contributed by atoms with E-state index in [9.17, 15) is 18.0 Å². The van der Waals surface area contributed by atoms with Crippen molar-refractivity contribution in [3.63, 3.8) is 0 Å². The molecule has 0 saturated carbocycles. The molecule has 6 heteroatoms. The molecule has 0 aromatic heterocycles. The second-order valence-electron chi connectivity index (χ2n) is 6.02. The lowest BCUT2D eigenvalue weighted by atomic mass is 9.85. The monoisotopic (exact) mass is 294 g/mol. The Labute approximate surface area is 118 Å². The third-order valence-corrected chi connectivity index (χ3v) is 3.93. The minimum atomic E-state index is -4.34. The Balaban J connectivity index is 2.56. The van der Waals surface area contributed by atoms with Gasteiger partial charge in [-0.1, -0.05) is 6.92 Å². The largest absolute Gasteiger partial charge is 0.406 e. The molecular formula is C14H25F3N2O. The molecule has 1 fully saturated rings. The van der Waals surface area contributed by atoms with Crippen LogP contribution in [-0.4, -0.2) is 42.7 Å². The average Bonchev–Trinajstić information content (AvgIpc) is 2.35. The summed E-state index contributed by atoms with van der Waals surface area (Å²) in [5.74, 6) is 0.104. The number of hydrogen-bond acceptors (Lipinski definition) is 2. The first-order chi connectivity index (χ1) is 9.20. The van der Waals surface area contributed by atoms with Gasteiger partial charge in [-0.25, -0.2) is 0 Å². The van der Waals surface area contributed by atoms with Gasteiger partial charge < -0.3 is 10.2 Å². The number of carbonyl (C=O) groups excluding carboxylic acids is 1. The molecule has 1 saturated heterocycles. The zero-order valence-electron chi connectivity index (χ0n) is 12.5. The maximum atomic E-state index is 12.5. The van der Waals surface area contributed by atoms with Crippen LogP contribution in [0.2, 0.25) is 0 Å². The van der Waals surface area contributed by atoms with Crippen molar-refractivity contribution in [3.8, 4) is 0 Å². The lowest BCUT2D eigenvalue weighted by molar-refractivity contribution is -0.165. The number of rotatable bonds is 5. The summed E-state index contributed by atoms with van der Waals surface area (Å²) in [5, 5.41) is 3.27. The van der Waals surface area contributed by atoms with Crippen molar-refractivity contribution >= 4 is 5.91 Å². The molecule has 2 unspecified atom stereocenters. The number of carbonyl (C=O) groups is 1. The molecule has 3 nitrogen and oxygen atoms in total. The first kappa shape index (κ1) is 17.3. The van der Waals surface area contributed by atoms with Gasteiger partial charge in [0.1, 0.15) is 6.54 Å². The molecule has 0 spiro atoms. The van der Waals surface area contributed by atoms with Crippen molar-refractivity contribution in [3.05, 3.63) is 0 Å². The molecule has 0 aromatic rings. The van der Waals surface area contributed by atoms with E-state index in [1.807, 2.05) is 6.92 Å². The number of hydrogen-bond donors (Lipinski definition) is 1. The minimum absolute atomic E-state index is 0.116. The number of amides is 1. The first-order valence-corrected chi connectivity index (χ1v) is 7.27. The molecule has 118 valence electrons. The normalized spacial score (nSPS) is 21.9. The van der Waals surface area contributed by atoms with E-state index in [2.05, 4.69) is 5.32 Å². The van der Waals surface area contributed by atoms with Crippen LogP contribution in [0.3, 0.4) is 0 Å². The van der Waals surface area contributed by atoms with Crippen molar-refractivity contribution in [1.82, 2.24) is 10.2 Å². The molecule has 0 bridgehead atoms. The summed E-state index contributed by atoms with van der Waals surface area (Å²) in [6.45, 7) is 5.90. The van der Waals surface area contributed by atoms with Crippen LogP contribution in [-0.2, 0) is 4.79 Å². The Morgan fingerprint density at radius 3 is 2.45 bits per heavy atom. The molecule has 1 N–H and O–H groups in total. The van der Waals surface area contributed by atoms with Gasteiger partial charge in [-0.15, -0.1) is 0 Å². The van der Waals surface area contributed by atoms with Crippen LogP contribution < -0.4 is 5.32 Å². The highest BCUT2D eigenvalue weighted by Crippen LogP contribution is 2.25. The molecule has 1 amide bonds. The lowest BCUT2D eigenvalue weighted by Gasteiger charge is -2.32. The number of piperidine rings is 1. The van der Waals surface area contributed by atoms with Gasteiger partial charge in [-0.2, -0.15) is 13.2 Å². The van der Waals surface area contributed by atoms with Crippen LogP contribution in [0.15, 0.2) is 0 Å². The van der Waals surface area contributed by atoms with Crippen LogP contribution in [0.1, 0.15) is 40.0 Å². The molecule has 0 radical (unpaired) electrons. The topological polar surface area (TPSA) is 32.3 Å². The van der Waals surface area contributed by atoms with Crippen molar-refractivity contribution in [2.75, 3.05) is 19.6 Å². The van der Waals surface area contributed by atoms with Crippen molar-refractivity contribution in [2.45, 2.75) is 52.3 Å². The summed E-state index contributed by atoms with van der Waals surface area (Å²) in [7, 11) is 0. The van der Waals surface area contributed by atoms with Gasteiger partial charge in [-0.05, 0) is 51.6 Å². The molecule has 2 atom stereocenters. The minimum Gasteiger partial charge on any atom is -0.331 e. The zero-order valence-corrected chi connectivity index (χ0v) is 12.5. The molecule has 0 aliphatic carbocycles. The Bertz CT molecular complexity index is 312. The fourth-order valence-electron chi connectivity index (χ4n) is 2.68. The van der Waals surface area contributed by atoms with Gasteiger partial charge in [0.05, 0.1) is 0 Å². The van der Waals surface area contributed by atoms with Crippen LogP contribution in [0.5, 0.6) is 0 Å². The standard InChI is InChI=1S/C14H25F3N2O/c1-10(2)19(9-14(15,16)17)13(20)7-11(3)12-5-4-6-18-8-12/h10-12,18H,4-9H2,1-3H3. The molecule has 1 aliphatic rings. The summed E-state index contributed by atoms with van der Waals surface area (Å²) in [6, 6.07) is -0.430. The van der Waals surface area contributed by atoms with Gasteiger partial charge in [0.15, 0.2) is 0 Å². The third-order valence-electron chi connectivity index (χ3n) is 3.93. The highest BCUT2D eigenvalue weighted by atomic mass is 19.4. The number of halogens is 3.